The van der Waals surface area contributed by atoms with Crippen molar-refractivity contribution in [1.29, 1.82) is 0 Å². The Morgan fingerprint density at radius 3 is 2.75 bits per heavy atom. The van der Waals surface area contributed by atoms with E-state index in [0.717, 1.165) is 47.6 Å². The number of aromatic nitrogens is 2. The number of carbonyl (C=O) groups is 1. The molecule has 3 aromatic rings. The predicted molar refractivity (Wildman–Crippen MR) is 112 cm³/mol. The molecule has 0 bridgehead atoms. The van der Waals surface area contributed by atoms with E-state index in [1.807, 2.05) is 43.3 Å². The number of amides is 1. The summed E-state index contributed by atoms with van der Waals surface area (Å²) in [5.74, 6) is 1.60. The number of benzene rings is 2. The van der Waals surface area contributed by atoms with Gasteiger partial charge in [-0.1, -0.05) is 36.9 Å². The van der Waals surface area contributed by atoms with Crippen LogP contribution in [-0.2, 0) is 11.3 Å². The zero-order valence-electron chi connectivity index (χ0n) is 16.5. The Hall–Kier alpha value is -3.08. The third-order valence-electron chi connectivity index (χ3n) is 4.74. The lowest BCUT2D eigenvalue weighted by atomic mass is 10.2. The molecular weight excluding hydrogens is 350 g/mol. The maximum Gasteiger partial charge on any atom is 0.243 e. The molecule has 0 saturated carbocycles. The lowest BCUT2D eigenvalue weighted by Gasteiger charge is -2.16. The maximum atomic E-state index is 11.7. The van der Waals surface area contributed by atoms with Crippen LogP contribution in [0, 0.1) is 6.92 Å². The molecule has 146 valence electrons. The molecule has 1 amide bonds. The second kappa shape index (κ2) is 9.22. The minimum Gasteiger partial charge on any atom is -0.493 e. The predicted octanol–water partition coefficient (Wildman–Crippen LogP) is 4.57. The highest BCUT2D eigenvalue weighted by Crippen LogP contribution is 2.22. The number of rotatable bonds is 9. The van der Waals surface area contributed by atoms with Crippen molar-refractivity contribution in [3.63, 3.8) is 0 Å². The van der Waals surface area contributed by atoms with Crippen molar-refractivity contribution >= 4 is 16.9 Å². The molecular formula is C23H27N3O2. The number of fused-ring (bicyclic) bond motifs is 1. The van der Waals surface area contributed by atoms with Crippen LogP contribution in [0.15, 0.2) is 61.2 Å². The summed E-state index contributed by atoms with van der Waals surface area (Å²) >= 11 is 0. The first kappa shape index (κ1) is 19.7. The number of unbranched alkanes of at least 4 members (excludes halogenated alkanes) is 1. The van der Waals surface area contributed by atoms with Gasteiger partial charge < -0.3 is 14.6 Å². The van der Waals surface area contributed by atoms with E-state index in [-0.39, 0.29) is 11.9 Å². The first-order chi connectivity index (χ1) is 13.6. The number of hydrogen-bond donors (Lipinski definition) is 1. The van der Waals surface area contributed by atoms with Gasteiger partial charge in [0.05, 0.1) is 23.7 Å². The Labute approximate surface area is 166 Å². The molecule has 0 aliphatic heterocycles. The molecule has 1 atom stereocenters. The van der Waals surface area contributed by atoms with Crippen molar-refractivity contribution < 1.29 is 9.53 Å². The van der Waals surface area contributed by atoms with Gasteiger partial charge in [-0.2, -0.15) is 0 Å². The van der Waals surface area contributed by atoms with E-state index in [1.54, 1.807) is 0 Å². The molecule has 3 rings (SSSR count). The van der Waals surface area contributed by atoms with Crippen LogP contribution in [0.3, 0.4) is 0 Å². The fourth-order valence-electron chi connectivity index (χ4n) is 3.27. The normalized spacial score (nSPS) is 11.9. The van der Waals surface area contributed by atoms with Crippen molar-refractivity contribution in [2.24, 2.45) is 0 Å². The van der Waals surface area contributed by atoms with Crippen LogP contribution >= 0.6 is 0 Å². The smallest absolute Gasteiger partial charge is 0.243 e. The SMILES string of the molecule is C=CC(=O)NC(C)c1nc2ccccc2n1CCCCOc1ccccc1C. The zero-order valence-corrected chi connectivity index (χ0v) is 16.5. The number of para-hydroxylation sites is 3. The van der Waals surface area contributed by atoms with Gasteiger partial charge in [0, 0.05) is 6.54 Å². The lowest BCUT2D eigenvalue weighted by molar-refractivity contribution is -0.117. The van der Waals surface area contributed by atoms with Gasteiger partial charge in [0.25, 0.3) is 0 Å². The molecule has 1 unspecified atom stereocenters. The molecule has 0 aliphatic carbocycles. The molecule has 0 aliphatic rings. The Morgan fingerprint density at radius 1 is 1.21 bits per heavy atom. The van der Waals surface area contributed by atoms with Crippen molar-refractivity contribution in [1.82, 2.24) is 14.9 Å². The van der Waals surface area contributed by atoms with Crippen molar-refractivity contribution in [2.75, 3.05) is 6.61 Å². The molecule has 1 heterocycles. The second-order valence-electron chi connectivity index (χ2n) is 6.87. The zero-order chi connectivity index (χ0) is 19.9. The number of nitrogens with one attached hydrogen (secondary N) is 1. The molecule has 0 spiro atoms. The molecule has 5 heteroatoms. The molecule has 0 radical (unpaired) electrons. The van der Waals surface area contributed by atoms with Crippen LogP contribution in [0.25, 0.3) is 11.0 Å². The highest BCUT2D eigenvalue weighted by molar-refractivity contribution is 5.87. The third-order valence-corrected chi connectivity index (χ3v) is 4.74. The highest BCUT2D eigenvalue weighted by Gasteiger charge is 2.17. The minimum absolute atomic E-state index is 0.193. The van der Waals surface area contributed by atoms with Gasteiger partial charge in [-0.05, 0) is 56.5 Å². The van der Waals surface area contributed by atoms with E-state index in [4.69, 9.17) is 9.72 Å². The second-order valence-corrected chi connectivity index (χ2v) is 6.87. The minimum atomic E-state index is -0.197. The van der Waals surface area contributed by atoms with Crippen LogP contribution in [0.5, 0.6) is 5.75 Å². The number of aryl methyl sites for hydroxylation is 2. The Balaban J connectivity index is 1.66. The van der Waals surface area contributed by atoms with E-state index in [0.29, 0.717) is 6.61 Å². The summed E-state index contributed by atoms with van der Waals surface area (Å²) < 4.78 is 8.09. The molecule has 1 N–H and O–H groups in total. The number of hydrogen-bond acceptors (Lipinski definition) is 3. The molecule has 28 heavy (non-hydrogen) atoms. The summed E-state index contributed by atoms with van der Waals surface area (Å²) in [7, 11) is 0. The standard InChI is InChI=1S/C23H27N3O2/c1-4-22(27)24-18(3)23-25-19-12-6-7-13-20(19)26(23)15-9-10-16-28-21-14-8-5-11-17(21)2/h4-8,11-14,18H,1,9-10,15-16H2,2-3H3,(H,24,27). The first-order valence-corrected chi connectivity index (χ1v) is 9.66. The van der Waals surface area contributed by atoms with Crippen LogP contribution in [0.1, 0.15) is 37.2 Å². The van der Waals surface area contributed by atoms with Crippen LogP contribution < -0.4 is 10.1 Å². The Morgan fingerprint density at radius 2 is 1.96 bits per heavy atom. The summed E-state index contributed by atoms with van der Waals surface area (Å²) in [6.07, 6.45) is 3.18. The Bertz CT molecular complexity index is 961. The van der Waals surface area contributed by atoms with Crippen molar-refractivity contribution in [2.45, 2.75) is 39.3 Å². The molecule has 2 aromatic carbocycles. The van der Waals surface area contributed by atoms with E-state index < -0.39 is 0 Å². The summed E-state index contributed by atoms with van der Waals surface area (Å²) in [6, 6.07) is 15.9. The van der Waals surface area contributed by atoms with Gasteiger partial charge in [0.2, 0.25) is 5.91 Å². The van der Waals surface area contributed by atoms with Gasteiger partial charge in [-0.3, -0.25) is 4.79 Å². The third kappa shape index (κ3) is 4.60. The fourth-order valence-corrected chi connectivity index (χ4v) is 3.27. The lowest BCUT2D eigenvalue weighted by Crippen LogP contribution is -2.27. The van der Waals surface area contributed by atoms with Crippen LogP contribution in [0.2, 0.25) is 0 Å². The van der Waals surface area contributed by atoms with Crippen molar-refractivity contribution in [3.05, 3.63) is 72.6 Å². The summed E-state index contributed by atoms with van der Waals surface area (Å²) in [5.41, 5.74) is 3.17. The van der Waals surface area contributed by atoms with Gasteiger partial charge >= 0.3 is 0 Å². The maximum absolute atomic E-state index is 11.7. The number of ether oxygens (including phenoxy) is 1. The van der Waals surface area contributed by atoms with E-state index in [1.165, 1.54) is 6.08 Å². The molecule has 0 saturated heterocycles. The fraction of sp³-hybridized carbons (Fsp3) is 0.304. The quantitative estimate of drug-likeness (QED) is 0.439. The largest absolute Gasteiger partial charge is 0.493 e. The van der Waals surface area contributed by atoms with Gasteiger partial charge in [-0.15, -0.1) is 0 Å². The van der Waals surface area contributed by atoms with Gasteiger partial charge in [-0.25, -0.2) is 4.98 Å². The average Bonchev–Trinajstić information content (AvgIpc) is 3.08. The average molecular weight is 377 g/mol. The van der Waals surface area contributed by atoms with Gasteiger partial charge in [0.15, 0.2) is 0 Å². The topological polar surface area (TPSA) is 56.2 Å². The molecule has 0 fully saturated rings. The van der Waals surface area contributed by atoms with Crippen LogP contribution in [0.4, 0.5) is 0 Å². The molecule has 5 nitrogen and oxygen atoms in total. The van der Waals surface area contributed by atoms with Crippen LogP contribution in [-0.4, -0.2) is 22.1 Å². The van der Waals surface area contributed by atoms with Crippen molar-refractivity contribution in [3.8, 4) is 5.75 Å². The Kier molecular flexibility index (Phi) is 6.48. The van der Waals surface area contributed by atoms with E-state index in [2.05, 4.69) is 35.5 Å². The van der Waals surface area contributed by atoms with E-state index in [9.17, 15) is 4.79 Å². The molecule has 1 aromatic heterocycles. The highest BCUT2D eigenvalue weighted by atomic mass is 16.5. The number of nitrogens with zero attached hydrogens (tertiary/aromatic N) is 2. The first-order valence-electron chi connectivity index (χ1n) is 9.66. The summed E-state index contributed by atoms with van der Waals surface area (Å²) in [4.78, 5) is 16.4. The summed E-state index contributed by atoms with van der Waals surface area (Å²) in [6.45, 7) is 9.02. The van der Waals surface area contributed by atoms with Gasteiger partial charge in [0.1, 0.15) is 11.6 Å². The number of carbonyl (C=O) groups excluding carboxylic acids is 1. The monoisotopic (exact) mass is 377 g/mol. The number of imidazole rings is 1. The van der Waals surface area contributed by atoms with E-state index >= 15 is 0 Å². The summed E-state index contributed by atoms with van der Waals surface area (Å²) in [5, 5.41) is 2.91.